The van der Waals surface area contributed by atoms with E-state index >= 15 is 0 Å². The van der Waals surface area contributed by atoms with Gasteiger partial charge in [0.05, 0.1) is 12.5 Å². The third-order valence-electron chi connectivity index (χ3n) is 9.55. The molecule has 0 aromatic heterocycles. The van der Waals surface area contributed by atoms with Gasteiger partial charge in [0, 0.05) is 24.0 Å². The molecule has 0 bridgehead atoms. The molecule has 1 heterocycles. The van der Waals surface area contributed by atoms with Gasteiger partial charge in [0.1, 0.15) is 6.10 Å². The van der Waals surface area contributed by atoms with Crippen molar-refractivity contribution in [3.63, 3.8) is 0 Å². The monoisotopic (exact) mass is 623 g/mol. The van der Waals surface area contributed by atoms with Crippen molar-refractivity contribution in [3.8, 4) is 0 Å². The van der Waals surface area contributed by atoms with Gasteiger partial charge in [0.2, 0.25) is 5.91 Å². The summed E-state index contributed by atoms with van der Waals surface area (Å²) in [5.41, 5.74) is -0.644. The quantitative estimate of drug-likeness (QED) is 0.127. The van der Waals surface area contributed by atoms with Crippen LogP contribution < -0.4 is 16.0 Å². The Kier molecular flexibility index (Phi) is 15.4. The van der Waals surface area contributed by atoms with E-state index in [1.165, 1.54) is 51.4 Å². The summed E-state index contributed by atoms with van der Waals surface area (Å²) in [6.07, 6.45) is 14.8. The largest absolute Gasteiger partial charge is 0.481 e. The lowest BCUT2D eigenvalue weighted by Gasteiger charge is -2.45. The minimum atomic E-state index is -0.963. The van der Waals surface area contributed by atoms with Gasteiger partial charge in [-0.25, -0.2) is 4.79 Å². The Labute approximate surface area is 267 Å². The number of rotatable bonds is 17. The molecule has 9 nitrogen and oxygen atoms in total. The number of carboxylic acid groups (broad SMARTS) is 1. The van der Waals surface area contributed by atoms with E-state index in [4.69, 9.17) is 9.47 Å². The first-order chi connectivity index (χ1) is 20.6. The highest BCUT2D eigenvalue weighted by molar-refractivity contribution is 5.82. The van der Waals surface area contributed by atoms with Crippen molar-refractivity contribution in [1.82, 2.24) is 16.0 Å². The van der Waals surface area contributed by atoms with Crippen LogP contribution in [-0.4, -0.2) is 60.1 Å². The van der Waals surface area contributed by atoms with Gasteiger partial charge in [-0.3, -0.25) is 9.59 Å². The van der Waals surface area contributed by atoms with Gasteiger partial charge in [-0.2, -0.15) is 0 Å². The van der Waals surface area contributed by atoms with Crippen LogP contribution in [0.2, 0.25) is 0 Å². The molecule has 1 aliphatic heterocycles. The maximum atomic E-state index is 13.3. The number of aliphatic carboxylic acids is 1. The predicted octanol–water partition coefficient (Wildman–Crippen LogP) is 7.17. The average molecular weight is 624 g/mol. The van der Waals surface area contributed by atoms with Crippen LogP contribution in [0.3, 0.4) is 0 Å². The lowest BCUT2D eigenvalue weighted by Crippen LogP contribution is -2.58. The van der Waals surface area contributed by atoms with Crippen molar-refractivity contribution in [3.05, 3.63) is 0 Å². The topological polar surface area (TPSA) is 126 Å². The second-order valence-corrected chi connectivity index (χ2v) is 15.6. The van der Waals surface area contributed by atoms with Crippen LogP contribution in [0.4, 0.5) is 4.79 Å². The van der Waals surface area contributed by atoms with Crippen LogP contribution in [0, 0.1) is 22.7 Å². The van der Waals surface area contributed by atoms with Gasteiger partial charge >= 0.3 is 12.0 Å². The summed E-state index contributed by atoms with van der Waals surface area (Å²) in [5, 5.41) is 19.5. The Morgan fingerprint density at radius 3 is 2.09 bits per heavy atom. The van der Waals surface area contributed by atoms with Gasteiger partial charge in [-0.15, -0.1) is 0 Å². The number of amides is 3. The molecule has 5 atom stereocenters. The van der Waals surface area contributed by atoms with Crippen molar-refractivity contribution in [2.75, 3.05) is 13.2 Å². The van der Waals surface area contributed by atoms with Crippen LogP contribution in [0.5, 0.6) is 0 Å². The smallest absolute Gasteiger partial charge is 0.315 e. The third-order valence-corrected chi connectivity index (χ3v) is 9.55. The Hall–Kier alpha value is -1.87. The summed E-state index contributed by atoms with van der Waals surface area (Å²) in [6.45, 7) is 16.4. The first kappa shape index (κ1) is 38.3. The lowest BCUT2D eigenvalue weighted by atomic mass is 9.76. The van der Waals surface area contributed by atoms with E-state index in [0.717, 1.165) is 32.1 Å². The highest BCUT2D eigenvalue weighted by Crippen LogP contribution is 2.35. The Balaban J connectivity index is 1.94. The SMILES string of the molecule is CCCCCCCCCCCC(NC(=O)NC1CCCCC1C(CNC(=O)C1OC(C)(C)OCC1(C)C)C(=O)O)C(C)(C)C. The minimum absolute atomic E-state index is 0.0148. The number of hydrogen-bond donors (Lipinski definition) is 4. The van der Waals surface area contributed by atoms with Crippen molar-refractivity contribution in [2.45, 2.75) is 169 Å². The second kappa shape index (κ2) is 17.7. The summed E-state index contributed by atoms with van der Waals surface area (Å²) >= 11 is 0. The normalized spacial score (nSPS) is 24.6. The molecule has 44 heavy (non-hydrogen) atoms. The summed E-state index contributed by atoms with van der Waals surface area (Å²) < 4.78 is 11.7. The van der Waals surface area contributed by atoms with Crippen LogP contribution in [0.1, 0.15) is 145 Å². The molecule has 3 amide bonds. The molecule has 256 valence electrons. The average Bonchev–Trinajstić information content (AvgIpc) is 2.93. The summed E-state index contributed by atoms with van der Waals surface area (Å²) in [5.74, 6) is -3.29. The van der Waals surface area contributed by atoms with Crippen molar-refractivity contribution in [1.29, 1.82) is 0 Å². The molecule has 0 aromatic rings. The standard InChI is InChI=1S/C35H65N3O6/c1-9-10-11-12-13-14-15-16-17-22-28(33(2,3)4)38-32(42)37-27-21-19-18-20-25(27)26(31(40)41)23-36-30(39)29-34(5,6)24-43-35(7,8)44-29/h25-29H,9-24H2,1-8H3,(H,36,39)(H,40,41)(H2,37,38,42). The van der Waals surface area contributed by atoms with E-state index in [0.29, 0.717) is 13.0 Å². The van der Waals surface area contributed by atoms with Gasteiger partial charge in [-0.1, -0.05) is 112 Å². The fraction of sp³-hybridized carbons (Fsp3) is 0.914. The minimum Gasteiger partial charge on any atom is -0.481 e. The van der Waals surface area contributed by atoms with E-state index in [1.54, 1.807) is 13.8 Å². The summed E-state index contributed by atoms with van der Waals surface area (Å²) in [7, 11) is 0. The summed E-state index contributed by atoms with van der Waals surface area (Å²) in [6, 6.07) is -0.481. The van der Waals surface area contributed by atoms with Crippen LogP contribution in [-0.2, 0) is 19.1 Å². The van der Waals surface area contributed by atoms with Gasteiger partial charge in [0.25, 0.3) is 0 Å². The van der Waals surface area contributed by atoms with E-state index in [1.807, 2.05) is 13.8 Å². The number of nitrogens with one attached hydrogen (secondary N) is 3. The molecule has 1 aliphatic carbocycles. The lowest BCUT2D eigenvalue weighted by molar-refractivity contribution is -0.304. The van der Waals surface area contributed by atoms with Crippen LogP contribution >= 0.6 is 0 Å². The number of unbranched alkanes of at least 4 members (excludes halogenated alkanes) is 8. The van der Waals surface area contributed by atoms with E-state index in [2.05, 4.69) is 43.6 Å². The first-order valence-electron chi connectivity index (χ1n) is 17.5. The van der Waals surface area contributed by atoms with Gasteiger partial charge in [0.15, 0.2) is 5.79 Å². The van der Waals surface area contributed by atoms with E-state index in [9.17, 15) is 19.5 Å². The van der Waals surface area contributed by atoms with E-state index in [-0.39, 0.29) is 41.9 Å². The second-order valence-electron chi connectivity index (χ2n) is 15.6. The Morgan fingerprint density at radius 1 is 0.909 bits per heavy atom. The van der Waals surface area contributed by atoms with Gasteiger partial charge < -0.3 is 30.5 Å². The zero-order chi connectivity index (χ0) is 33.0. The maximum absolute atomic E-state index is 13.3. The molecule has 0 spiro atoms. The molecule has 1 saturated carbocycles. The molecule has 2 aliphatic rings. The number of carboxylic acids is 1. The molecule has 4 N–H and O–H groups in total. The highest BCUT2D eigenvalue weighted by atomic mass is 16.7. The number of urea groups is 1. The number of carbonyl (C=O) groups is 3. The molecule has 2 fully saturated rings. The third kappa shape index (κ3) is 12.9. The number of hydrogen-bond acceptors (Lipinski definition) is 5. The molecular weight excluding hydrogens is 558 g/mol. The fourth-order valence-corrected chi connectivity index (χ4v) is 6.62. The zero-order valence-corrected chi connectivity index (χ0v) is 29.2. The highest BCUT2D eigenvalue weighted by Gasteiger charge is 2.46. The van der Waals surface area contributed by atoms with Crippen molar-refractivity contribution >= 4 is 17.9 Å². The zero-order valence-electron chi connectivity index (χ0n) is 29.2. The molecule has 0 radical (unpaired) electrons. The summed E-state index contributed by atoms with van der Waals surface area (Å²) in [4.78, 5) is 39.0. The molecule has 0 aromatic carbocycles. The molecule has 1 saturated heterocycles. The van der Waals surface area contributed by atoms with E-state index < -0.39 is 29.2 Å². The predicted molar refractivity (Wildman–Crippen MR) is 175 cm³/mol. The molecule has 9 heteroatoms. The fourth-order valence-electron chi connectivity index (χ4n) is 6.62. The maximum Gasteiger partial charge on any atom is 0.315 e. The molecular formula is C35H65N3O6. The van der Waals surface area contributed by atoms with Crippen molar-refractivity contribution in [2.24, 2.45) is 22.7 Å². The van der Waals surface area contributed by atoms with Crippen LogP contribution in [0.25, 0.3) is 0 Å². The molecule has 2 rings (SSSR count). The number of carbonyl (C=O) groups excluding carboxylic acids is 2. The van der Waals surface area contributed by atoms with Gasteiger partial charge in [-0.05, 0) is 44.4 Å². The Morgan fingerprint density at radius 2 is 1.50 bits per heavy atom. The Bertz CT molecular complexity index is 899. The molecule has 5 unspecified atom stereocenters. The van der Waals surface area contributed by atoms with Crippen LogP contribution in [0.15, 0.2) is 0 Å². The first-order valence-corrected chi connectivity index (χ1v) is 17.5. The van der Waals surface area contributed by atoms with Crippen molar-refractivity contribution < 1.29 is 29.0 Å². The number of ether oxygens (including phenoxy) is 2.